The van der Waals surface area contributed by atoms with Crippen LogP contribution in [0.15, 0.2) is 18.2 Å². The summed E-state index contributed by atoms with van der Waals surface area (Å²) in [5.41, 5.74) is 3.36. The van der Waals surface area contributed by atoms with Gasteiger partial charge >= 0.3 is 0 Å². The quantitative estimate of drug-likeness (QED) is 0.794. The topological polar surface area (TPSA) is 32.3 Å². The van der Waals surface area contributed by atoms with Crippen LogP contribution in [0.4, 0.5) is 0 Å². The molecule has 1 aromatic carbocycles. The van der Waals surface area contributed by atoms with Gasteiger partial charge in [0.25, 0.3) is 0 Å². The zero-order valence-corrected chi connectivity index (χ0v) is 11.5. The maximum absolute atomic E-state index is 10.2. The molecule has 0 saturated carbocycles. The van der Waals surface area contributed by atoms with Crippen LogP contribution in [0, 0.1) is 13.8 Å². The molecule has 2 heteroatoms. The number of nitrogens with one attached hydrogen (secondary N) is 1. The number of rotatable bonds is 6. The predicted molar refractivity (Wildman–Crippen MR) is 73.2 cm³/mol. The summed E-state index contributed by atoms with van der Waals surface area (Å²) in [4.78, 5) is 0. The Balaban J connectivity index is 2.51. The van der Waals surface area contributed by atoms with E-state index >= 15 is 0 Å². The van der Waals surface area contributed by atoms with Crippen molar-refractivity contribution in [2.45, 2.75) is 52.7 Å². The summed E-state index contributed by atoms with van der Waals surface area (Å²) in [6.07, 6.45) is 1.59. The van der Waals surface area contributed by atoms with E-state index in [2.05, 4.69) is 37.4 Å². The molecular formula is C15H25NO. The standard InChI is InChI=1S/C15H25NO/c1-5-15(17,6-2)11-16-10-14-8-7-12(3)9-13(14)4/h7-9,16-17H,5-6,10-11H2,1-4H3. The van der Waals surface area contributed by atoms with Crippen LogP contribution in [0.25, 0.3) is 0 Å². The van der Waals surface area contributed by atoms with Crippen molar-refractivity contribution >= 4 is 0 Å². The summed E-state index contributed by atoms with van der Waals surface area (Å²) in [5, 5.41) is 13.5. The van der Waals surface area contributed by atoms with E-state index in [1.165, 1.54) is 16.7 Å². The lowest BCUT2D eigenvalue weighted by molar-refractivity contribution is 0.0323. The molecular weight excluding hydrogens is 210 g/mol. The van der Waals surface area contributed by atoms with Gasteiger partial charge in [0.15, 0.2) is 0 Å². The molecule has 2 N–H and O–H groups in total. The first-order valence-corrected chi connectivity index (χ1v) is 6.50. The Labute approximate surface area is 105 Å². The lowest BCUT2D eigenvalue weighted by atomic mass is 9.97. The van der Waals surface area contributed by atoms with E-state index in [9.17, 15) is 5.11 Å². The molecule has 0 fully saturated rings. The van der Waals surface area contributed by atoms with Crippen LogP contribution < -0.4 is 5.32 Å². The molecule has 0 amide bonds. The van der Waals surface area contributed by atoms with Crippen LogP contribution in [-0.2, 0) is 6.54 Å². The zero-order valence-electron chi connectivity index (χ0n) is 11.5. The second kappa shape index (κ2) is 6.18. The van der Waals surface area contributed by atoms with E-state index in [1.54, 1.807) is 0 Å². The van der Waals surface area contributed by atoms with Crippen molar-refractivity contribution in [3.8, 4) is 0 Å². The Bertz CT molecular complexity index is 356. The summed E-state index contributed by atoms with van der Waals surface area (Å²) in [6, 6.07) is 6.49. The van der Waals surface area contributed by atoms with Crippen molar-refractivity contribution in [3.05, 3.63) is 34.9 Å². The van der Waals surface area contributed by atoms with E-state index in [0.29, 0.717) is 6.54 Å². The van der Waals surface area contributed by atoms with E-state index in [0.717, 1.165) is 19.4 Å². The minimum atomic E-state index is -0.557. The van der Waals surface area contributed by atoms with Gasteiger partial charge < -0.3 is 10.4 Å². The second-order valence-corrected chi connectivity index (χ2v) is 4.96. The second-order valence-electron chi connectivity index (χ2n) is 4.96. The third-order valence-corrected chi connectivity index (χ3v) is 3.58. The Morgan fingerprint density at radius 2 is 1.82 bits per heavy atom. The van der Waals surface area contributed by atoms with E-state index in [-0.39, 0.29) is 0 Å². The molecule has 1 rings (SSSR count). The summed E-state index contributed by atoms with van der Waals surface area (Å²) < 4.78 is 0. The van der Waals surface area contributed by atoms with Gasteiger partial charge in [-0.25, -0.2) is 0 Å². The highest BCUT2D eigenvalue weighted by Gasteiger charge is 2.21. The molecule has 0 unspecified atom stereocenters. The minimum absolute atomic E-state index is 0.557. The van der Waals surface area contributed by atoms with Crippen molar-refractivity contribution in [1.82, 2.24) is 5.32 Å². The molecule has 17 heavy (non-hydrogen) atoms. The van der Waals surface area contributed by atoms with Gasteiger partial charge in [0.2, 0.25) is 0 Å². The molecule has 96 valence electrons. The summed E-state index contributed by atoms with van der Waals surface area (Å²) >= 11 is 0. The van der Waals surface area contributed by atoms with Crippen molar-refractivity contribution in [3.63, 3.8) is 0 Å². The predicted octanol–water partition coefficient (Wildman–Crippen LogP) is 2.94. The fraction of sp³-hybridized carbons (Fsp3) is 0.600. The van der Waals surface area contributed by atoms with Crippen LogP contribution in [0.1, 0.15) is 43.4 Å². The average Bonchev–Trinajstić information content (AvgIpc) is 2.32. The van der Waals surface area contributed by atoms with Crippen LogP contribution in [0.5, 0.6) is 0 Å². The third-order valence-electron chi connectivity index (χ3n) is 3.58. The van der Waals surface area contributed by atoms with Gasteiger partial charge in [-0.15, -0.1) is 0 Å². The normalized spacial score (nSPS) is 11.8. The van der Waals surface area contributed by atoms with Gasteiger partial charge in [-0.05, 0) is 37.8 Å². The van der Waals surface area contributed by atoms with E-state index in [1.807, 2.05) is 13.8 Å². The Kier molecular flexibility index (Phi) is 5.16. The van der Waals surface area contributed by atoms with Gasteiger partial charge in [-0.3, -0.25) is 0 Å². The molecule has 0 heterocycles. The third kappa shape index (κ3) is 4.14. The van der Waals surface area contributed by atoms with Crippen LogP contribution >= 0.6 is 0 Å². The number of aliphatic hydroxyl groups is 1. The Morgan fingerprint density at radius 1 is 1.18 bits per heavy atom. The lowest BCUT2D eigenvalue weighted by Gasteiger charge is -2.25. The molecule has 0 spiro atoms. The van der Waals surface area contributed by atoms with Crippen molar-refractivity contribution in [1.29, 1.82) is 0 Å². The van der Waals surface area contributed by atoms with Crippen LogP contribution in [0.3, 0.4) is 0 Å². The first-order valence-electron chi connectivity index (χ1n) is 6.50. The van der Waals surface area contributed by atoms with Crippen LogP contribution in [-0.4, -0.2) is 17.3 Å². The number of hydrogen-bond acceptors (Lipinski definition) is 2. The fourth-order valence-corrected chi connectivity index (χ4v) is 1.97. The highest BCUT2D eigenvalue weighted by molar-refractivity contribution is 5.30. The molecule has 0 bridgehead atoms. The van der Waals surface area contributed by atoms with Gasteiger partial charge in [-0.2, -0.15) is 0 Å². The maximum Gasteiger partial charge on any atom is 0.0766 e. The SMILES string of the molecule is CCC(O)(CC)CNCc1ccc(C)cc1C. The summed E-state index contributed by atoms with van der Waals surface area (Å²) in [6.45, 7) is 9.79. The number of hydrogen-bond donors (Lipinski definition) is 2. The monoisotopic (exact) mass is 235 g/mol. The van der Waals surface area contributed by atoms with E-state index < -0.39 is 5.60 Å². The fourth-order valence-electron chi connectivity index (χ4n) is 1.97. The molecule has 1 aromatic rings. The molecule has 0 aliphatic rings. The smallest absolute Gasteiger partial charge is 0.0766 e. The first-order chi connectivity index (χ1) is 8.00. The van der Waals surface area contributed by atoms with Crippen molar-refractivity contribution < 1.29 is 5.11 Å². The molecule has 0 radical (unpaired) electrons. The van der Waals surface area contributed by atoms with Gasteiger partial charge in [0.05, 0.1) is 5.60 Å². The average molecular weight is 235 g/mol. The maximum atomic E-state index is 10.2. The van der Waals surface area contributed by atoms with Crippen molar-refractivity contribution in [2.75, 3.05) is 6.54 Å². The highest BCUT2D eigenvalue weighted by Crippen LogP contribution is 2.14. The summed E-state index contributed by atoms with van der Waals surface area (Å²) in [7, 11) is 0. The number of benzene rings is 1. The highest BCUT2D eigenvalue weighted by atomic mass is 16.3. The first kappa shape index (κ1) is 14.2. The molecule has 0 aromatic heterocycles. The van der Waals surface area contributed by atoms with Crippen LogP contribution in [0.2, 0.25) is 0 Å². The molecule has 0 aliphatic carbocycles. The Hall–Kier alpha value is -0.860. The van der Waals surface area contributed by atoms with Crippen molar-refractivity contribution in [2.24, 2.45) is 0 Å². The largest absolute Gasteiger partial charge is 0.389 e. The summed E-state index contributed by atoms with van der Waals surface area (Å²) in [5.74, 6) is 0. The van der Waals surface area contributed by atoms with Gasteiger partial charge in [0, 0.05) is 13.1 Å². The number of aryl methyl sites for hydroxylation is 2. The Morgan fingerprint density at radius 3 is 2.35 bits per heavy atom. The molecule has 0 aliphatic heterocycles. The molecule has 0 saturated heterocycles. The minimum Gasteiger partial charge on any atom is -0.389 e. The molecule has 2 nitrogen and oxygen atoms in total. The van der Waals surface area contributed by atoms with E-state index in [4.69, 9.17) is 0 Å². The van der Waals surface area contributed by atoms with Gasteiger partial charge in [0.1, 0.15) is 0 Å². The lowest BCUT2D eigenvalue weighted by Crippen LogP contribution is -2.39. The zero-order chi connectivity index (χ0) is 12.9. The molecule has 0 atom stereocenters. The van der Waals surface area contributed by atoms with Gasteiger partial charge in [-0.1, -0.05) is 37.6 Å².